The highest BCUT2D eigenvalue weighted by molar-refractivity contribution is 7.03. The average Bonchev–Trinajstić information content (AvgIpc) is 2.78. The third-order valence-corrected chi connectivity index (χ3v) is 4.13. The van der Waals surface area contributed by atoms with Crippen LogP contribution in [0, 0.1) is 6.92 Å². The lowest BCUT2D eigenvalue weighted by Crippen LogP contribution is -2.48. The summed E-state index contributed by atoms with van der Waals surface area (Å²) in [6.45, 7) is 1.82. The third kappa shape index (κ3) is 3.78. The Morgan fingerprint density at radius 1 is 1.52 bits per heavy atom. The van der Waals surface area contributed by atoms with Crippen molar-refractivity contribution in [2.45, 2.75) is 32.2 Å². The predicted molar refractivity (Wildman–Crippen MR) is 76.2 cm³/mol. The zero-order chi connectivity index (χ0) is 15.4. The van der Waals surface area contributed by atoms with Crippen molar-refractivity contribution >= 4 is 29.3 Å². The number of aromatic nitrogens is 1. The molecule has 0 aromatic carbocycles. The second-order valence-electron chi connectivity index (χ2n) is 4.99. The van der Waals surface area contributed by atoms with E-state index in [-0.39, 0.29) is 18.4 Å². The fourth-order valence-electron chi connectivity index (χ4n) is 2.31. The number of nitrogens with one attached hydrogen (secondary N) is 1. The normalized spacial score (nSPS) is 19.2. The minimum Gasteiger partial charge on any atom is -0.480 e. The maximum Gasteiger partial charge on any atom is 0.323 e. The Labute approximate surface area is 126 Å². The van der Waals surface area contributed by atoms with E-state index < -0.39 is 12.0 Å². The van der Waals surface area contributed by atoms with Crippen LogP contribution in [0.2, 0.25) is 0 Å². The molecule has 0 radical (unpaired) electrons. The van der Waals surface area contributed by atoms with Gasteiger partial charge in [-0.1, -0.05) is 0 Å². The van der Waals surface area contributed by atoms with Gasteiger partial charge in [0.1, 0.15) is 12.6 Å². The van der Waals surface area contributed by atoms with Gasteiger partial charge < -0.3 is 15.3 Å². The number of amides is 2. The Hall–Kier alpha value is -1.96. The van der Waals surface area contributed by atoms with E-state index in [4.69, 9.17) is 5.11 Å². The molecule has 0 bridgehead atoms. The molecule has 2 amide bonds. The van der Waals surface area contributed by atoms with Crippen molar-refractivity contribution in [3.05, 3.63) is 16.6 Å². The van der Waals surface area contributed by atoms with Crippen LogP contribution >= 0.6 is 11.5 Å². The second-order valence-corrected chi connectivity index (χ2v) is 5.62. The molecule has 114 valence electrons. The Morgan fingerprint density at radius 3 is 2.90 bits per heavy atom. The van der Waals surface area contributed by atoms with E-state index in [0.29, 0.717) is 24.2 Å². The summed E-state index contributed by atoms with van der Waals surface area (Å²) in [7, 11) is 0. The minimum absolute atomic E-state index is 0.329. The van der Waals surface area contributed by atoms with E-state index in [0.717, 1.165) is 12.8 Å². The zero-order valence-corrected chi connectivity index (χ0v) is 12.5. The smallest absolute Gasteiger partial charge is 0.323 e. The maximum atomic E-state index is 12.3. The molecule has 1 aromatic heterocycles. The molecule has 1 aliphatic rings. The quantitative estimate of drug-likeness (QED) is 0.850. The fourth-order valence-corrected chi connectivity index (χ4v) is 3.00. The van der Waals surface area contributed by atoms with E-state index >= 15 is 0 Å². The van der Waals surface area contributed by atoms with Crippen LogP contribution in [0.5, 0.6) is 0 Å². The molecule has 2 heterocycles. The van der Waals surface area contributed by atoms with Gasteiger partial charge in [-0.2, -0.15) is 4.37 Å². The molecule has 2 N–H and O–H groups in total. The van der Waals surface area contributed by atoms with Crippen molar-refractivity contribution in [2.75, 3.05) is 13.1 Å². The SMILES string of the molecule is Cc1nscc1C(=O)NC1CCCCN(CC(=O)O)C1=O. The third-order valence-electron chi connectivity index (χ3n) is 3.41. The fraction of sp³-hybridized carbons (Fsp3) is 0.538. The molecule has 0 spiro atoms. The second kappa shape index (κ2) is 6.66. The van der Waals surface area contributed by atoms with Crippen molar-refractivity contribution in [3.8, 4) is 0 Å². The summed E-state index contributed by atoms with van der Waals surface area (Å²) in [5.74, 6) is -1.71. The number of hydrogen-bond acceptors (Lipinski definition) is 5. The first-order valence-electron chi connectivity index (χ1n) is 6.71. The number of nitrogens with zero attached hydrogens (tertiary/aromatic N) is 2. The molecular weight excluding hydrogens is 294 g/mol. The molecule has 7 nitrogen and oxygen atoms in total. The van der Waals surface area contributed by atoms with Gasteiger partial charge in [0.05, 0.1) is 11.3 Å². The lowest BCUT2D eigenvalue weighted by atomic mass is 10.1. The maximum absolute atomic E-state index is 12.3. The molecule has 1 aromatic rings. The monoisotopic (exact) mass is 311 g/mol. The number of carbonyl (C=O) groups excluding carboxylic acids is 2. The highest BCUT2D eigenvalue weighted by Gasteiger charge is 2.30. The molecule has 0 saturated carbocycles. The van der Waals surface area contributed by atoms with Crippen LogP contribution in [0.4, 0.5) is 0 Å². The summed E-state index contributed by atoms with van der Waals surface area (Å²) in [5.41, 5.74) is 1.09. The van der Waals surface area contributed by atoms with Gasteiger partial charge in [0.15, 0.2) is 0 Å². The zero-order valence-electron chi connectivity index (χ0n) is 11.7. The first kappa shape index (κ1) is 15.4. The van der Waals surface area contributed by atoms with E-state index in [2.05, 4.69) is 9.69 Å². The summed E-state index contributed by atoms with van der Waals surface area (Å²) in [6, 6.07) is -0.668. The van der Waals surface area contributed by atoms with E-state index in [9.17, 15) is 14.4 Å². The topological polar surface area (TPSA) is 99.6 Å². The minimum atomic E-state index is -1.05. The van der Waals surface area contributed by atoms with Gasteiger partial charge in [-0.3, -0.25) is 14.4 Å². The van der Waals surface area contributed by atoms with Gasteiger partial charge in [0.25, 0.3) is 5.91 Å². The summed E-state index contributed by atoms with van der Waals surface area (Å²) >= 11 is 1.19. The number of aliphatic carboxylic acids is 1. The van der Waals surface area contributed by atoms with Crippen LogP contribution in [0.25, 0.3) is 0 Å². The van der Waals surface area contributed by atoms with Crippen molar-refractivity contribution in [3.63, 3.8) is 0 Å². The van der Waals surface area contributed by atoms with Gasteiger partial charge in [0.2, 0.25) is 5.91 Å². The number of carboxylic acid groups (broad SMARTS) is 1. The number of rotatable bonds is 4. The number of carbonyl (C=O) groups is 3. The van der Waals surface area contributed by atoms with Gasteiger partial charge >= 0.3 is 5.97 Å². The molecule has 1 aliphatic heterocycles. The van der Waals surface area contributed by atoms with Crippen molar-refractivity contribution in [2.24, 2.45) is 0 Å². The van der Waals surface area contributed by atoms with Crippen LogP contribution in [0.3, 0.4) is 0 Å². The average molecular weight is 311 g/mol. The highest BCUT2D eigenvalue weighted by Crippen LogP contribution is 2.14. The molecular formula is C13H17N3O4S. The van der Waals surface area contributed by atoms with Gasteiger partial charge in [0, 0.05) is 11.9 Å². The standard InChI is InChI=1S/C13H17N3O4S/c1-8-9(7-21-15-8)12(19)14-10-4-2-3-5-16(13(10)20)6-11(17)18/h7,10H,2-6H2,1H3,(H,14,19)(H,17,18). The van der Waals surface area contributed by atoms with Gasteiger partial charge in [-0.15, -0.1) is 0 Å². The number of aryl methyl sites for hydroxylation is 1. The molecule has 1 atom stereocenters. The molecule has 1 unspecified atom stereocenters. The van der Waals surface area contributed by atoms with E-state index in [1.54, 1.807) is 12.3 Å². The highest BCUT2D eigenvalue weighted by atomic mass is 32.1. The Balaban J connectivity index is 2.07. The number of hydrogen-bond donors (Lipinski definition) is 2. The Bertz CT molecular complexity index is 557. The largest absolute Gasteiger partial charge is 0.480 e. The number of carboxylic acids is 1. The van der Waals surface area contributed by atoms with Gasteiger partial charge in [-0.05, 0) is 37.7 Å². The van der Waals surface area contributed by atoms with Crippen LogP contribution in [0.1, 0.15) is 35.3 Å². The summed E-state index contributed by atoms with van der Waals surface area (Å²) in [4.78, 5) is 36.5. The van der Waals surface area contributed by atoms with Crippen LogP contribution in [0.15, 0.2) is 5.38 Å². The van der Waals surface area contributed by atoms with Crippen LogP contribution in [-0.4, -0.2) is 51.3 Å². The lowest BCUT2D eigenvalue weighted by molar-refractivity contribution is -0.144. The molecule has 8 heteroatoms. The van der Waals surface area contributed by atoms with Crippen molar-refractivity contribution in [1.29, 1.82) is 0 Å². The molecule has 0 aliphatic carbocycles. The first-order chi connectivity index (χ1) is 9.99. The summed E-state index contributed by atoms with van der Waals surface area (Å²) in [6.07, 6.45) is 2.04. The first-order valence-corrected chi connectivity index (χ1v) is 7.55. The lowest BCUT2D eigenvalue weighted by Gasteiger charge is -2.23. The molecule has 1 fully saturated rings. The summed E-state index contributed by atoms with van der Waals surface area (Å²) in [5, 5.41) is 13.2. The van der Waals surface area contributed by atoms with E-state index in [1.165, 1.54) is 16.4 Å². The van der Waals surface area contributed by atoms with E-state index in [1.807, 2.05) is 0 Å². The summed E-state index contributed by atoms with van der Waals surface area (Å²) < 4.78 is 4.03. The van der Waals surface area contributed by atoms with Crippen LogP contribution < -0.4 is 5.32 Å². The number of likely N-dealkylation sites (tertiary alicyclic amines) is 1. The van der Waals surface area contributed by atoms with Crippen molar-refractivity contribution < 1.29 is 19.5 Å². The van der Waals surface area contributed by atoms with Crippen LogP contribution in [-0.2, 0) is 9.59 Å². The molecule has 21 heavy (non-hydrogen) atoms. The van der Waals surface area contributed by atoms with Gasteiger partial charge in [-0.25, -0.2) is 0 Å². The van der Waals surface area contributed by atoms with Crippen molar-refractivity contribution in [1.82, 2.24) is 14.6 Å². The predicted octanol–water partition coefficient (Wildman–Crippen LogP) is 0.647. The molecule has 2 rings (SSSR count). The Kier molecular flexibility index (Phi) is 4.89. The Morgan fingerprint density at radius 2 is 2.29 bits per heavy atom. The molecule has 1 saturated heterocycles.